The first-order valence-electron chi connectivity index (χ1n) is 8.82. The van der Waals surface area contributed by atoms with Crippen molar-refractivity contribution < 1.29 is 4.79 Å². The van der Waals surface area contributed by atoms with Crippen LogP contribution in [0.4, 0.5) is 0 Å². The van der Waals surface area contributed by atoms with E-state index in [1.807, 2.05) is 48.6 Å². The first kappa shape index (κ1) is 16.8. The summed E-state index contributed by atoms with van der Waals surface area (Å²) in [5.41, 5.74) is 8.40. The lowest BCUT2D eigenvalue weighted by molar-refractivity contribution is -0.121. The number of hydrogen-bond acceptors (Lipinski definition) is 3. The minimum absolute atomic E-state index is 0.299. The number of nitrogens with zero attached hydrogens (tertiary/aromatic N) is 2. The number of fused-ring (bicyclic) bond motifs is 6. The van der Waals surface area contributed by atoms with Crippen molar-refractivity contribution in [1.29, 1.82) is 0 Å². The summed E-state index contributed by atoms with van der Waals surface area (Å²) in [5, 5.41) is 2.36. The van der Waals surface area contributed by atoms with Gasteiger partial charge in [-0.25, -0.2) is 4.99 Å². The van der Waals surface area contributed by atoms with Crippen LogP contribution in [0.5, 0.6) is 0 Å². The van der Waals surface area contributed by atoms with Gasteiger partial charge in [0.1, 0.15) is 0 Å². The van der Waals surface area contributed by atoms with Crippen LogP contribution in [0.2, 0.25) is 5.02 Å². The number of aromatic nitrogens is 2. The van der Waals surface area contributed by atoms with Crippen LogP contribution in [0.25, 0.3) is 18.2 Å². The lowest BCUT2D eigenvalue weighted by Gasteiger charge is -2.19. The molecule has 0 spiro atoms. The van der Waals surface area contributed by atoms with Crippen LogP contribution in [0, 0.1) is 0 Å². The van der Waals surface area contributed by atoms with Crippen LogP contribution in [0.15, 0.2) is 58.2 Å². The molecule has 5 heterocycles. The van der Waals surface area contributed by atoms with Crippen molar-refractivity contribution in [3.05, 3.63) is 75.3 Å². The van der Waals surface area contributed by atoms with E-state index in [-0.39, 0.29) is 0 Å². The van der Waals surface area contributed by atoms with E-state index in [0.717, 1.165) is 33.5 Å². The summed E-state index contributed by atoms with van der Waals surface area (Å²) < 4.78 is 0. The number of halogens is 1. The zero-order chi connectivity index (χ0) is 19.3. The average molecular weight is 390 g/mol. The Morgan fingerprint density at radius 2 is 1.86 bits per heavy atom. The van der Waals surface area contributed by atoms with Crippen LogP contribution < -0.4 is 16.4 Å². The number of nitrogens with one attached hydrogen (secondary N) is 2. The van der Waals surface area contributed by atoms with E-state index in [0.29, 0.717) is 17.2 Å². The predicted octanol–water partition coefficient (Wildman–Crippen LogP) is 1.40. The van der Waals surface area contributed by atoms with Crippen molar-refractivity contribution in [2.75, 3.05) is 0 Å². The normalized spacial score (nSPS) is 22.2. The molecule has 4 N–H and O–H groups in total. The van der Waals surface area contributed by atoms with Crippen molar-refractivity contribution in [3.63, 3.8) is 0 Å². The second-order valence-corrected chi connectivity index (χ2v) is 7.40. The largest absolute Gasteiger partial charge is 0.367 e. The second-order valence-electron chi connectivity index (χ2n) is 6.99. The Balaban J connectivity index is 1.72. The maximum absolute atomic E-state index is 12.3. The second kappa shape index (κ2) is 6.07. The molecule has 6 nitrogen and oxygen atoms in total. The van der Waals surface area contributed by atoms with Crippen molar-refractivity contribution in [1.82, 2.24) is 9.97 Å². The Bertz CT molecular complexity index is 1280. The van der Waals surface area contributed by atoms with Crippen molar-refractivity contribution in [3.8, 4) is 0 Å². The molecule has 2 aromatic rings. The van der Waals surface area contributed by atoms with E-state index in [9.17, 15) is 4.79 Å². The Labute approximate surface area is 165 Å². The molecule has 138 valence electrons. The zero-order valence-electron chi connectivity index (χ0n) is 14.7. The summed E-state index contributed by atoms with van der Waals surface area (Å²) in [7, 11) is 0. The summed E-state index contributed by atoms with van der Waals surface area (Å²) in [5.74, 6) is -0.507. The third-order valence-corrected chi connectivity index (χ3v) is 5.22. The Morgan fingerprint density at radius 1 is 1.07 bits per heavy atom. The Kier molecular flexibility index (Phi) is 3.64. The molecule has 0 aromatic carbocycles. The average Bonchev–Trinajstić information content (AvgIpc) is 3.40. The van der Waals surface area contributed by atoms with Gasteiger partial charge in [0, 0.05) is 22.8 Å². The number of allylic oxidation sites excluding steroid dienone is 3. The van der Waals surface area contributed by atoms with E-state index < -0.39 is 11.4 Å². The summed E-state index contributed by atoms with van der Waals surface area (Å²) in [6.45, 7) is 0. The number of primary amides is 1. The van der Waals surface area contributed by atoms with Gasteiger partial charge in [0.2, 0.25) is 5.91 Å². The first-order chi connectivity index (χ1) is 13.5. The first-order valence-corrected chi connectivity index (χ1v) is 9.20. The molecule has 0 saturated carbocycles. The van der Waals surface area contributed by atoms with Crippen molar-refractivity contribution in [2.45, 2.75) is 12.0 Å². The SMILES string of the molecule is NC(=O)C12C=CC(=N1)C=c1ccc([nH]1)=CC1=NC(=Cc3[nH]c(cc3Cl)C2)C=C1. The number of rotatable bonds is 1. The van der Waals surface area contributed by atoms with Gasteiger partial charge in [-0.1, -0.05) is 11.6 Å². The number of hydrogen-bond donors (Lipinski definition) is 3. The molecule has 7 heteroatoms. The molecule has 1 atom stereocenters. The van der Waals surface area contributed by atoms with Gasteiger partial charge in [-0.3, -0.25) is 9.79 Å². The van der Waals surface area contributed by atoms with Crippen molar-refractivity contribution >= 4 is 47.2 Å². The molecular formula is C21H16ClN5O. The summed E-state index contributed by atoms with van der Waals surface area (Å²) >= 11 is 6.39. The van der Waals surface area contributed by atoms with Crippen LogP contribution in [0.3, 0.4) is 0 Å². The molecule has 0 radical (unpaired) electrons. The smallest absolute Gasteiger partial charge is 0.249 e. The van der Waals surface area contributed by atoms with Gasteiger partial charge in [-0.2, -0.15) is 0 Å². The molecular weight excluding hydrogens is 374 g/mol. The van der Waals surface area contributed by atoms with Gasteiger partial charge in [0.05, 0.1) is 27.8 Å². The fourth-order valence-electron chi connectivity index (χ4n) is 3.54. The van der Waals surface area contributed by atoms with E-state index in [2.05, 4.69) is 20.0 Å². The van der Waals surface area contributed by atoms with E-state index in [1.54, 1.807) is 12.1 Å². The quantitative estimate of drug-likeness (QED) is 0.674. The fourth-order valence-corrected chi connectivity index (χ4v) is 3.77. The molecule has 0 saturated heterocycles. The van der Waals surface area contributed by atoms with Crippen molar-refractivity contribution in [2.24, 2.45) is 15.7 Å². The fraction of sp³-hybridized carbons (Fsp3) is 0.0952. The third kappa shape index (κ3) is 2.88. The highest BCUT2D eigenvalue weighted by Gasteiger charge is 2.37. The lowest BCUT2D eigenvalue weighted by Crippen LogP contribution is -2.41. The Hall–Kier alpha value is -3.38. The molecule has 28 heavy (non-hydrogen) atoms. The molecule has 1 amide bonds. The molecule has 0 fully saturated rings. The molecule has 5 rings (SSSR count). The van der Waals surface area contributed by atoms with Crippen LogP contribution in [-0.2, 0) is 11.2 Å². The van der Waals surface area contributed by atoms with Gasteiger partial charge in [-0.05, 0) is 60.7 Å². The van der Waals surface area contributed by atoms with Gasteiger partial charge in [0.15, 0.2) is 5.54 Å². The van der Waals surface area contributed by atoms with E-state index in [4.69, 9.17) is 17.3 Å². The van der Waals surface area contributed by atoms with E-state index >= 15 is 0 Å². The monoisotopic (exact) mass is 389 g/mol. The maximum Gasteiger partial charge on any atom is 0.249 e. The number of carbonyl (C=O) groups excluding carboxylic acids is 1. The predicted molar refractivity (Wildman–Crippen MR) is 112 cm³/mol. The number of aliphatic imine (C=N–C) groups is 2. The molecule has 3 aliphatic rings. The molecule has 0 aliphatic carbocycles. The summed E-state index contributed by atoms with van der Waals surface area (Å²) in [6, 6.07) is 5.72. The number of carbonyl (C=O) groups is 1. The van der Waals surface area contributed by atoms with Gasteiger partial charge in [-0.15, -0.1) is 0 Å². The van der Waals surface area contributed by atoms with Gasteiger partial charge >= 0.3 is 0 Å². The number of amides is 1. The summed E-state index contributed by atoms with van der Waals surface area (Å²) in [4.78, 5) is 28.0. The van der Waals surface area contributed by atoms with Crippen LogP contribution in [0.1, 0.15) is 11.4 Å². The highest BCUT2D eigenvalue weighted by molar-refractivity contribution is 6.32. The minimum atomic E-state index is -1.14. The molecule has 3 aliphatic heterocycles. The standard InChI is InChI=1S/C21H16ClN5O/c22-18-9-17-11-21(20(23)28)6-5-16(27-21)8-14-2-1-12(24-14)7-13-3-4-15(25-13)10-19(18)26-17/h1-10,24,26H,11H2,(H2,23,28). The number of nitrogens with two attached hydrogens (primary N) is 1. The lowest BCUT2D eigenvalue weighted by atomic mass is 9.94. The third-order valence-electron chi connectivity index (χ3n) is 4.91. The summed E-state index contributed by atoms with van der Waals surface area (Å²) in [6.07, 6.45) is 13.5. The van der Waals surface area contributed by atoms with Gasteiger partial charge in [0.25, 0.3) is 0 Å². The zero-order valence-corrected chi connectivity index (χ0v) is 15.5. The molecule has 2 aromatic heterocycles. The highest BCUT2D eigenvalue weighted by atomic mass is 35.5. The minimum Gasteiger partial charge on any atom is -0.367 e. The maximum atomic E-state index is 12.3. The van der Waals surface area contributed by atoms with Crippen LogP contribution in [-0.4, -0.2) is 32.8 Å². The molecule has 8 bridgehead atoms. The van der Waals surface area contributed by atoms with E-state index in [1.165, 1.54) is 0 Å². The topological polar surface area (TPSA) is 99.4 Å². The molecule has 1 unspecified atom stereocenters. The van der Waals surface area contributed by atoms with Gasteiger partial charge < -0.3 is 15.7 Å². The number of aromatic amines is 2. The Morgan fingerprint density at radius 3 is 2.64 bits per heavy atom. The highest BCUT2D eigenvalue weighted by Crippen LogP contribution is 2.28. The number of H-pyrrole nitrogens is 2. The van der Waals surface area contributed by atoms with Crippen LogP contribution >= 0.6 is 11.6 Å².